The fourth-order valence-corrected chi connectivity index (χ4v) is 3.53. The third-order valence-corrected chi connectivity index (χ3v) is 5.06. The van der Waals surface area contributed by atoms with Gasteiger partial charge in [-0.25, -0.2) is 14.8 Å². The molecule has 1 aliphatic rings. The molecule has 3 heterocycles. The van der Waals surface area contributed by atoms with E-state index in [1.807, 2.05) is 26.8 Å². The van der Waals surface area contributed by atoms with Gasteiger partial charge in [0.15, 0.2) is 17.2 Å². The van der Waals surface area contributed by atoms with E-state index in [0.29, 0.717) is 36.8 Å². The molecule has 0 aromatic carbocycles. The molecule has 0 bridgehead atoms. The van der Waals surface area contributed by atoms with Gasteiger partial charge in [0.05, 0.1) is 18.1 Å². The first kappa shape index (κ1) is 24.6. The summed E-state index contributed by atoms with van der Waals surface area (Å²) in [5.41, 5.74) is 0.284. The molecule has 1 saturated heterocycles. The number of hydrogen-bond donors (Lipinski definition) is 3. The molecule has 1 unspecified atom stereocenters. The van der Waals surface area contributed by atoms with Crippen LogP contribution < -0.4 is 16.0 Å². The first-order chi connectivity index (χ1) is 16.2. The van der Waals surface area contributed by atoms with Crippen LogP contribution in [0.2, 0.25) is 0 Å². The second-order valence-electron chi connectivity index (χ2n) is 8.78. The van der Waals surface area contributed by atoms with Crippen LogP contribution in [-0.2, 0) is 4.74 Å². The maximum Gasteiger partial charge on any atom is 0.410 e. The van der Waals surface area contributed by atoms with Crippen molar-refractivity contribution in [3.05, 3.63) is 29.8 Å². The zero-order valence-electron chi connectivity index (χ0n) is 19.8. The van der Waals surface area contributed by atoms with E-state index in [1.54, 1.807) is 11.0 Å². The molecule has 0 aliphatic carbocycles. The number of nitrogens with one attached hydrogen (secondary N) is 3. The second kappa shape index (κ2) is 10.7. The third kappa shape index (κ3) is 6.50. The largest absolute Gasteiger partial charge is 0.444 e. The number of nitriles is 1. The molecule has 1 fully saturated rings. The summed E-state index contributed by atoms with van der Waals surface area (Å²) in [6, 6.07) is 3.60. The summed E-state index contributed by atoms with van der Waals surface area (Å²) >= 11 is 0. The van der Waals surface area contributed by atoms with Gasteiger partial charge in [0.25, 0.3) is 5.91 Å². The molecule has 2 amide bonds. The van der Waals surface area contributed by atoms with Gasteiger partial charge in [0, 0.05) is 32.2 Å². The van der Waals surface area contributed by atoms with Gasteiger partial charge in [0.2, 0.25) is 0 Å². The lowest BCUT2D eigenvalue weighted by Crippen LogP contribution is -2.40. The molecule has 180 valence electrons. The van der Waals surface area contributed by atoms with Crippen LogP contribution in [0.15, 0.2) is 18.5 Å². The highest BCUT2D eigenvalue weighted by molar-refractivity contribution is 5.97. The zero-order chi connectivity index (χ0) is 24.7. The SMILES string of the molecule is CNC(=O)c1nnc(Nc2cnc(C#N)cn2)cc1NCCC1CCCN1C(=O)OC(C)(C)C. The van der Waals surface area contributed by atoms with E-state index in [0.717, 1.165) is 12.8 Å². The number of carbonyl (C=O) groups excluding carboxylic acids is 2. The van der Waals surface area contributed by atoms with Crippen molar-refractivity contribution in [3.63, 3.8) is 0 Å². The quantitative estimate of drug-likeness (QED) is 0.552. The number of hydrogen-bond acceptors (Lipinski definition) is 10. The van der Waals surface area contributed by atoms with Crippen molar-refractivity contribution in [2.75, 3.05) is 30.8 Å². The second-order valence-corrected chi connectivity index (χ2v) is 8.78. The van der Waals surface area contributed by atoms with Gasteiger partial charge >= 0.3 is 6.09 Å². The van der Waals surface area contributed by atoms with E-state index in [-0.39, 0.29) is 29.4 Å². The normalized spacial score (nSPS) is 15.4. The Kier molecular flexibility index (Phi) is 7.78. The number of ether oxygens (including phenoxy) is 1. The highest BCUT2D eigenvalue weighted by atomic mass is 16.6. The number of nitrogens with zero attached hydrogens (tertiary/aromatic N) is 6. The summed E-state index contributed by atoms with van der Waals surface area (Å²) in [5.74, 6) is 0.354. The predicted octanol–water partition coefficient (Wildman–Crippen LogP) is 2.44. The molecule has 3 rings (SSSR count). The molecule has 34 heavy (non-hydrogen) atoms. The lowest BCUT2D eigenvalue weighted by molar-refractivity contribution is 0.0223. The number of amides is 2. The summed E-state index contributed by atoms with van der Waals surface area (Å²) in [5, 5.41) is 25.7. The van der Waals surface area contributed by atoms with Crippen molar-refractivity contribution in [3.8, 4) is 6.07 Å². The minimum absolute atomic E-state index is 0.0483. The average Bonchev–Trinajstić information content (AvgIpc) is 3.27. The summed E-state index contributed by atoms with van der Waals surface area (Å²) in [7, 11) is 1.52. The van der Waals surface area contributed by atoms with E-state index in [1.165, 1.54) is 19.4 Å². The summed E-state index contributed by atoms with van der Waals surface area (Å²) < 4.78 is 5.53. The van der Waals surface area contributed by atoms with Crippen molar-refractivity contribution in [1.29, 1.82) is 5.26 Å². The number of anilines is 3. The van der Waals surface area contributed by atoms with Gasteiger partial charge in [-0.05, 0) is 40.0 Å². The van der Waals surface area contributed by atoms with Gasteiger partial charge in [-0.2, -0.15) is 5.26 Å². The highest BCUT2D eigenvalue weighted by Gasteiger charge is 2.31. The van der Waals surface area contributed by atoms with Crippen molar-refractivity contribution in [1.82, 2.24) is 30.4 Å². The Morgan fingerprint density at radius 1 is 1.24 bits per heavy atom. The van der Waals surface area contributed by atoms with Gasteiger partial charge < -0.3 is 25.6 Å². The fourth-order valence-electron chi connectivity index (χ4n) is 3.53. The van der Waals surface area contributed by atoms with E-state index < -0.39 is 5.60 Å². The molecule has 12 nitrogen and oxygen atoms in total. The van der Waals surface area contributed by atoms with E-state index in [4.69, 9.17) is 10.00 Å². The lowest BCUT2D eigenvalue weighted by atomic mass is 10.1. The van der Waals surface area contributed by atoms with Gasteiger partial charge in [-0.3, -0.25) is 4.79 Å². The van der Waals surface area contributed by atoms with Crippen LogP contribution in [0.5, 0.6) is 0 Å². The van der Waals surface area contributed by atoms with Crippen LogP contribution >= 0.6 is 0 Å². The Labute approximate surface area is 198 Å². The maximum absolute atomic E-state index is 12.5. The van der Waals surface area contributed by atoms with Gasteiger partial charge in [-0.15, -0.1) is 10.2 Å². The monoisotopic (exact) mass is 467 g/mol. The zero-order valence-corrected chi connectivity index (χ0v) is 19.8. The number of carbonyl (C=O) groups is 2. The molecule has 0 radical (unpaired) electrons. The Morgan fingerprint density at radius 2 is 2.03 bits per heavy atom. The van der Waals surface area contributed by atoms with E-state index in [2.05, 4.69) is 36.1 Å². The van der Waals surface area contributed by atoms with E-state index >= 15 is 0 Å². The Hall–Kier alpha value is -4.01. The predicted molar refractivity (Wildman–Crippen MR) is 125 cm³/mol. The van der Waals surface area contributed by atoms with Crippen molar-refractivity contribution < 1.29 is 14.3 Å². The molecular formula is C22H29N9O3. The molecule has 3 N–H and O–H groups in total. The summed E-state index contributed by atoms with van der Waals surface area (Å²) in [6.45, 7) is 6.73. The minimum atomic E-state index is -0.545. The van der Waals surface area contributed by atoms with Crippen molar-refractivity contribution in [2.45, 2.75) is 51.7 Å². The van der Waals surface area contributed by atoms with Gasteiger partial charge in [0.1, 0.15) is 17.5 Å². The number of aromatic nitrogens is 4. The molecule has 2 aromatic heterocycles. The molecule has 0 saturated carbocycles. The Balaban J connectivity index is 1.68. The van der Waals surface area contributed by atoms with Crippen LogP contribution in [0.3, 0.4) is 0 Å². The molecule has 2 aromatic rings. The Bertz CT molecular complexity index is 1060. The first-order valence-electron chi connectivity index (χ1n) is 11.0. The third-order valence-electron chi connectivity index (χ3n) is 5.06. The van der Waals surface area contributed by atoms with Crippen molar-refractivity contribution >= 4 is 29.3 Å². The molecule has 12 heteroatoms. The topological polar surface area (TPSA) is 158 Å². The van der Waals surface area contributed by atoms with Crippen LogP contribution in [0, 0.1) is 11.3 Å². The first-order valence-corrected chi connectivity index (χ1v) is 11.0. The highest BCUT2D eigenvalue weighted by Crippen LogP contribution is 2.24. The fraction of sp³-hybridized carbons (Fsp3) is 0.500. The number of rotatable bonds is 7. The van der Waals surface area contributed by atoms with Crippen LogP contribution in [0.25, 0.3) is 0 Å². The molecule has 1 atom stereocenters. The van der Waals surface area contributed by atoms with Crippen LogP contribution in [0.1, 0.15) is 56.2 Å². The van der Waals surface area contributed by atoms with Gasteiger partial charge in [-0.1, -0.05) is 0 Å². The molecular weight excluding hydrogens is 438 g/mol. The molecule has 0 spiro atoms. The average molecular weight is 468 g/mol. The summed E-state index contributed by atoms with van der Waals surface area (Å²) in [6.07, 6.45) is 4.93. The smallest absolute Gasteiger partial charge is 0.410 e. The molecule has 1 aliphatic heterocycles. The minimum Gasteiger partial charge on any atom is -0.444 e. The summed E-state index contributed by atoms with van der Waals surface area (Å²) in [4.78, 5) is 34.6. The lowest BCUT2D eigenvalue weighted by Gasteiger charge is -2.28. The Morgan fingerprint density at radius 3 is 2.68 bits per heavy atom. The van der Waals surface area contributed by atoms with Crippen molar-refractivity contribution in [2.24, 2.45) is 0 Å². The van der Waals surface area contributed by atoms with E-state index in [9.17, 15) is 9.59 Å². The van der Waals surface area contributed by atoms with Crippen LogP contribution in [-0.4, -0.2) is 68.8 Å². The number of likely N-dealkylation sites (tertiary alicyclic amines) is 1. The van der Waals surface area contributed by atoms with Crippen LogP contribution in [0.4, 0.5) is 22.1 Å². The maximum atomic E-state index is 12.5. The standard InChI is InChI=1S/C22H29N9O3/c1-22(2,3)34-21(33)31-9-5-6-15(31)7-8-25-16-10-17(29-30-19(16)20(32)24-4)28-18-13-26-14(11-23)12-27-18/h10,12-13,15H,5-9H2,1-4H3,(H,24,32)(H2,25,27,28,29).